The monoisotopic (exact) mass is 355 g/mol. The molecule has 0 aliphatic rings. The summed E-state index contributed by atoms with van der Waals surface area (Å²) in [6, 6.07) is 12.3. The SMILES string of the molecule is Cc1cccc([N+](=O)[O-])c1Oc1cccc(I)c1. The molecule has 0 saturated heterocycles. The van der Waals surface area contributed by atoms with Gasteiger partial charge in [0.1, 0.15) is 5.75 Å². The van der Waals surface area contributed by atoms with Crippen LogP contribution in [-0.4, -0.2) is 4.92 Å². The molecule has 0 fully saturated rings. The third kappa shape index (κ3) is 2.79. The van der Waals surface area contributed by atoms with Crippen LogP contribution in [0.2, 0.25) is 0 Å². The van der Waals surface area contributed by atoms with E-state index in [4.69, 9.17) is 4.74 Å². The van der Waals surface area contributed by atoms with Gasteiger partial charge in [-0.15, -0.1) is 0 Å². The van der Waals surface area contributed by atoms with E-state index in [0.29, 0.717) is 11.5 Å². The second kappa shape index (κ2) is 5.34. The largest absolute Gasteiger partial charge is 0.450 e. The number of aryl methyl sites for hydroxylation is 1. The molecule has 0 spiro atoms. The number of hydrogen-bond donors (Lipinski definition) is 0. The highest BCUT2D eigenvalue weighted by Gasteiger charge is 2.17. The summed E-state index contributed by atoms with van der Waals surface area (Å²) in [4.78, 5) is 10.5. The van der Waals surface area contributed by atoms with Crippen LogP contribution in [0.15, 0.2) is 42.5 Å². The zero-order chi connectivity index (χ0) is 13.1. The minimum atomic E-state index is -0.434. The number of hydrogen-bond acceptors (Lipinski definition) is 3. The quantitative estimate of drug-likeness (QED) is 0.469. The first-order chi connectivity index (χ1) is 8.58. The molecular weight excluding hydrogens is 345 g/mol. The third-order valence-electron chi connectivity index (χ3n) is 2.40. The van der Waals surface area contributed by atoms with Gasteiger partial charge in [0.05, 0.1) is 4.92 Å². The van der Waals surface area contributed by atoms with Crippen LogP contribution in [0.3, 0.4) is 0 Å². The molecule has 0 aliphatic heterocycles. The van der Waals surface area contributed by atoms with Gasteiger partial charge in [0.25, 0.3) is 0 Å². The fraction of sp³-hybridized carbons (Fsp3) is 0.0769. The normalized spacial score (nSPS) is 10.1. The van der Waals surface area contributed by atoms with Crippen molar-refractivity contribution in [3.8, 4) is 11.5 Å². The van der Waals surface area contributed by atoms with Crippen LogP contribution in [0, 0.1) is 20.6 Å². The molecule has 92 valence electrons. The van der Waals surface area contributed by atoms with Gasteiger partial charge in [-0.25, -0.2) is 0 Å². The van der Waals surface area contributed by atoms with Gasteiger partial charge in [0.15, 0.2) is 0 Å². The number of rotatable bonds is 3. The Morgan fingerprint density at radius 2 is 1.94 bits per heavy atom. The lowest BCUT2D eigenvalue weighted by Gasteiger charge is -2.09. The van der Waals surface area contributed by atoms with Crippen molar-refractivity contribution < 1.29 is 9.66 Å². The summed E-state index contributed by atoms with van der Waals surface area (Å²) in [5.41, 5.74) is 0.719. The zero-order valence-electron chi connectivity index (χ0n) is 9.59. The first-order valence-corrected chi connectivity index (χ1v) is 6.33. The zero-order valence-corrected chi connectivity index (χ0v) is 11.7. The molecule has 0 amide bonds. The summed E-state index contributed by atoms with van der Waals surface area (Å²) < 4.78 is 6.65. The average molecular weight is 355 g/mol. The van der Waals surface area contributed by atoms with Gasteiger partial charge < -0.3 is 4.74 Å². The molecule has 0 atom stereocenters. The van der Waals surface area contributed by atoms with Crippen molar-refractivity contribution in [3.63, 3.8) is 0 Å². The fourth-order valence-electron chi connectivity index (χ4n) is 1.56. The number of para-hydroxylation sites is 1. The van der Waals surface area contributed by atoms with Crippen LogP contribution in [0.4, 0.5) is 5.69 Å². The third-order valence-corrected chi connectivity index (χ3v) is 3.07. The highest BCUT2D eigenvalue weighted by molar-refractivity contribution is 14.1. The van der Waals surface area contributed by atoms with E-state index in [1.807, 2.05) is 18.2 Å². The highest BCUT2D eigenvalue weighted by atomic mass is 127. The number of nitro benzene ring substituents is 1. The maximum absolute atomic E-state index is 11.0. The molecule has 5 heteroatoms. The van der Waals surface area contributed by atoms with Crippen molar-refractivity contribution >= 4 is 28.3 Å². The Morgan fingerprint density at radius 3 is 2.61 bits per heavy atom. The van der Waals surface area contributed by atoms with Crippen molar-refractivity contribution in [3.05, 3.63) is 61.7 Å². The molecule has 0 aromatic heterocycles. The summed E-state index contributed by atoms with van der Waals surface area (Å²) >= 11 is 2.17. The van der Waals surface area contributed by atoms with E-state index in [9.17, 15) is 10.1 Å². The highest BCUT2D eigenvalue weighted by Crippen LogP contribution is 2.34. The number of ether oxygens (including phenoxy) is 1. The van der Waals surface area contributed by atoms with Crippen molar-refractivity contribution in [2.24, 2.45) is 0 Å². The number of nitro groups is 1. The van der Waals surface area contributed by atoms with Gasteiger partial charge in [-0.3, -0.25) is 10.1 Å². The van der Waals surface area contributed by atoms with E-state index in [2.05, 4.69) is 22.6 Å². The summed E-state index contributed by atoms with van der Waals surface area (Å²) in [6.45, 7) is 1.79. The summed E-state index contributed by atoms with van der Waals surface area (Å²) in [6.07, 6.45) is 0. The van der Waals surface area contributed by atoms with Gasteiger partial charge in [-0.05, 0) is 53.3 Å². The van der Waals surface area contributed by atoms with E-state index in [-0.39, 0.29) is 5.69 Å². The van der Waals surface area contributed by atoms with E-state index in [1.54, 1.807) is 25.1 Å². The first kappa shape index (κ1) is 12.8. The van der Waals surface area contributed by atoms with Crippen LogP contribution < -0.4 is 4.74 Å². The van der Waals surface area contributed by atoms with Gasteiger partial charge in [0.2, 0.25) is 5.75 Å². The second-order valence-electron chi connectivity index (χ2n) is 3.74. The van der Waals surface area contributed by atoms with Crippen LogP contribution >= 0.6 is 22.6 Å². The van der Waals surface area contributed by atoms with E-state index >= 15 is 0 Å². The lowest BCUT2D eigenvalue weighted by atomic mass is 10.2. The predicted octanol–water partition coefficient (Wildman–Crippen LogP) is 4.30. The molecule has 2 aromatic rings. The molecule has 0 N–H and O–H groups in total. The van der Waals surface area contributed by atoms with Crippen LogP contribution in [0.5, 0.6) is 11.5 Å². The van der Waals surface area contributed by atoms with Gasteiger partial charge in [-0.1, -0.05) is 18.2 Å². The number of nitrogens with zero attached hydrogens (tertiary/aromatic N) is 1. The number of benzene rings is 2. The standard InChI is InChI=1S/C13H10INO3/c1-9-4-2-7-12(15(16)17)13(9)18-11-6-3-5-10(14)8-11/h2-8H,1H3. The Morgan fingerprint density at radius 1 is 1.22 bits per heavy atom. The summed E-state index contributed by atoms with van der Waals surface area (Å²) in [7, 11) is 0. The molecule has 0 unspecified atom stereocenters. The lowest BCUT2D eigenvalue weighted by molar-refractivity contribution is -0.385. The number of halogens is 1. The smallest absolute Gasteiger partial charge is 0.311 e. The Hall–Kier alpha value is -1.63. The molecule has 18 heavy (non-hydrogen) atoms. The van der Waals surface area contributed by atoms with Gasteiger partial charge >= 0.3 is 5.69 Å². The predicted molar refractivity (Wildman–Crippen MR) is 77.1 cm³/mol. The Balaban J connectivity index is 2.42. The summed E-state index contributed by atoms with van der Waals surface area (Å²) in [5, 5.41) is 11.0. The van der Waals surface area contributed by atoms with Gasteiger partial charge in [-0.2, -0.15) is 0 Å². The first-order valence-electron chi connectivity index (χ1n) is 5.25. The molecule has 2 rings (SSSR count). The van der Waals surface area contributed by atoms with E-state index in [1.165, 1.54) is 6.07 Å². The average Bonchev–Trinajstić information content (AvgIpc) is 2.31. The molecule has 0 radical (unpaired) electrons. The maximum Gasteiger partial charge on any atom is 0.311 e. The molecule has 4 nitrogen and oxygen atoms in total. The Bertz CT molecular complexity index is 599. The van der Waals surface area contributed by atoms with Crippen molar-refractivity contribution in [1.82, 2.24) is 0 Å². The van der Waals surface area contributed by atoms with Gasteiger partial charge in [0, 0.05) is 9.64 Å². The second-order valence-corrected chi connectivity index (χ2v) is 4.99. The van der Waals surface area contributed by atoms with Crippen LogP contribution in [-0.2, 0) is 0 Å². The van der Waals surface area contributed by atoms with Crippen molar-refractivity contribution in [2.45, 2.75) is 6.92 Å². The molecule has 2 aromatic carbocycles. The Kier molecular flexibility index (Phi) is 3.81. The molecule has 0 aliphatic carbocycles. The lowest BCUT2D eigenvalue weighted by Crippen LogP contribution is -1.95. The molecule has 0 heterocycles. The minimum absolute atomic E-state index is 0.0196. The van der Waals surface area contributed by atoms with E-state index in [0.717, 1.165) is 9.13 Å². The van der Waals surface area contributed by atoms with Crippen LogP contribution in [0.25, 0.3) is 0 Å². The topological polar surface area (TPSA) is 52.4 Å². The van der Waals surface area contributed by atoms with Crippen LogP contribution in [0.1, 0.15) is 5.56 Å². The molecule has 0 bridgehead atoms. The minimum Gasteiger partial charge on any atom is -0.450 e. The fourth-order valence-corrected chi connectivity index (χ4v) is 2.08. The Labute approximate surface area is 118 Å². The maximum atomic E-state index is 11.0. The van der Waals surface area contributed by atoms with E-state index < -0.39 is 4.92 Å². The van der Waals surface area contributed by atoms with Crippen molar-refractivity contribution in [1.29, 1.82) is 0 Å². The molecule has 0 saturated carbocycles. The summed E-state index contributed by atoms with van der Waals surface area (Å²) in [5.74, 6) is 0.892. The van der Waals surface area contributed by atoms with Crippen molar-refractivity contribution in [2.75, 3.05) is 0 Å². The molecular formula is C13H10INO3.